The highest BCUT2D eigenvalue weighted by Gasteiger charge is 2.22. The van der Waals surface area contributed by atoms with E-state index in [1.54, 1.807) is 12.3 Å². The second kappa shape index (κ2) is 7.65. The number of benzene rings is 1. The minimum absolute atomic E-state index is 0.119. The first-order valence-corrected chi connectivity index (χ1v) is 9.97. The van der Waals surface area contributed by atoms with Crippen LogP contribution >= 0.6 is 11.3 Å². The second-order valence-corrected chi connectivity index (χ2v) is 8.03. The molecule has 25 heavy (non-hydrogen) atoms. The van der Waals surface area contributed by atoms with Crippen molar-refractivity contribution in [3.63, 3.8) is 0 Å². The number of sulfonamides is 1. The fourth-order valence-corrected chi connectivity index (χ4v) is 4.31. The molecular formula is C15H18FN3O4S2. The van der Waals surface area contributed by atoms with E-state index in [0.717, 1.165) is 11.3 Å². The number of hydrogen-bond acceptors (Lipinski definition) is 7. The van der Waals surface area contributed by atoms with Gasteiger partial charge in [-0.2, -0.15) is 0 Å². The van der Waals surface area contributed by atoms with Gasteiger partial charge in [-0.25, -0.2) is 17.8 Å². The van der Waals surface area contributed by atoms with Crippen LogP contribution in [0.2, 0.25) is 0 Å². The Labute approximate surface area is 149 Å². The van der Waals surface area contributed by atoms with Crippen molar-refractivity contribution in [3.8, 4) is 0 Å². The Morgan fingerprint density at radius 2 is 2.24 bits per heavy atom. The van der Waals surface area contributed by atoms with Crippen LogP contribution in [0.5, 0.6) is 0 Å². The standard InChI is InChI=1S/C15H18FN3O4S2/c1-10-6-14(25(20,21)19-15-17-2-5-24-15)12(16)7-13(10)18-8-11-9-22-3-4-23-11/h2,5-7,11,18H,3-4,8-9H2,1H3,(H,17,19). The number of ether oxygens (including phenoxy) is 2. The number of nitrogens with zero attached hydrogens (tertiary/aromatic N) is 1. The molecule has 1 unspecified atom stereocenters. The SMILES string of the molecule is Cc1cc(S(=O)(=O)Nc2nccs2)c(F)cc1NCC1COCCO1. The molecule has 1 fully saturated rings. The molecule has 7 nitrogen and oxygen atoms in total. The van der Waals surface area contributed by atoms with Crippen molar-refractivity contribution in [2.45, 2.75) is 17.9 Å². The van der Waals surface area contributed by atoms with E-state index in [0.29, 0.717) is 37.6 Å². The third-order valence-electron chi connectivity index (χ3n) is 3.63. The molecule has 0 saturated carbocycles. The van der Waals surface area contributed by atoms with Gasteiger partial charge in [-0.3, -0.25) is 4.72 Å². The van der Waals surface area contributed by atoms with E-state index in [-0.39, 0.29) is 11.2 Å². The summed E-state index contributed by atoms with van der Waals surface area (Å²) in [5.74, 6) is -0.835. The molecule has 0 radical (unpaired) electrons. The van der Waals surface area contributed by atoms with Gasteiger partial charge in [-0.15, -0.1) is 11.3 Å². The number of thiazole rings is 1. The lowest BCUT2D eigenvalue weighted by atomic mass is 10.2. The maximum absolute atomic E-state index is 14.4. The number of aryl methyl sites for hydroxylation is 1. The highest BCUT2D eigenvalue weighted by atomic mass is 32.2. The summed E-state index contributed by atoms with van der Waals surface area (Å²) in [5, 5.41) is 4.89. The average molecular weight is 387 g/mol. The summed E-state index contributed by atoms with van der Waals surface area (Å²) in [4.78, 5) is 3.43. The van der Waals surface area contributed by atoms with Crippen LogP contribution in [0.3, 0.4) is 0 Å². The highest BCUT2D eigenvalue weighted by molar-refractivity contribution is 7.93. The molecule has 1 atom stereocenters. The summed E-state index contributed by atoms with van der Waals surface area (Å²) >= 11 is 1.12. The van der Waals surface area contributed by atoms with E-state index < -0.39 is 20.7 Å². The van der Waals surface area contributed by atoms with Crippen molar-refractivity contribution in [3.05, 3.63) is 35.1 Å². The van der Waals surface area contributed by atoms with Crippen molar-refractivity contribution >= 4 is 32.2 Å². The largest absolute Gasteiger partial charge is 0.382 e. The zero-order chi connectivity index (χ0) is 17.9. The lowest BCUT2D eigenvalue weighted by molar-refractivity contribution is -0.0818. The number of anilines is 2. The molecule has 0 aliphatic carbocycles. The maximum atomic E-state index is 14.4. The van der Waals surface area contributed by atoms with Gasteiger partial charge in [-0.1, -0.05) is 0 Å². The molecule has 1 aromatic heterocycles. The summed E-state index contributed by atoms with van der Waals surface area (Å²) in [6, 6.07) is 2.47. The zero-order valence-corrected chi connectivity index (χ0v) is 15.1. The lowest BCUT2D eigenvalue weighted by Crippen LogP contribution is -2.34. The monoisotopic (exact) mass is 387 g/mol. The minimum atomic E-state index is -4.04. The molecule has 0 amide bonds. The van der Waals surface area contributed by atoms with E-state index in [2.05, 4.69) is 15.0 Å². The second-order valence-electron chi connectivity index (χ2n) is 5.49. The highest BCUT2D eigenvalue weighted by Crippen LogP contribution is 2.26. The predicted octanol–water partition coefficient (Wildman–Crippen LogP) is 2.22. The molecule has 0 spiro atoms. The van der Waals surface area contributed by atoms with Crippen LogP contribution in [-0.2, 0) is 19.5 Å². The van der Waals surface area contributed by atoms with Crippen LogP contribution in [0.25, 0.3) is 0 Å². The van der Waals surface area contributed by atoms with Gasteiger partial charge < -0.3 is 14.8 Å². The summed E-state index contributed by atoms with van der Waals surface area (Å²) in [6.45, 7) is 3.73. The van der Waals surface area contributed by atoms with Crippen molar-refractivity contribution in [2.75, 3.05) is 36.4 Å². The van der Waals surface area contributed by atoms with Crippen LogP contribution in [0.4, 0.5) is 15.2 Å². The Morgan fingerprint density at radius 3 is 2.92 bits per heavy atom. The Hall–Kier alpha value is -1.75. The quantitative estimate of drug-likeness (QED) is 0.790. The predicted molar refractivity (Wildman–Crippen MR) is 93.1 cm³/mol. The fourth-order valence-electron chi connectivity index (χ4n) is 2.37. The Balaban J connectivity index is 1.75. The molecule has 1 aliphatic heterocycles. The third-order valence-corrected chi connectivity index (χ3v) is 5.80. The van der Waals surface area contributed by atoms with E-state index in [4.69, 9.17) is 9.47 Å². The molecule has 2 heterocycles. The van der Waals surface area contributed by atoms with Crippen LogP contribution in [0.1, 0.15) is 5.56 Å². The summed E-state index contributed by atoms with van der Waals surface area (Å²) in [6.07, 6.45) is 1.35. The van der Waals surface area contributed by atoms with E-state index in [9.17, 15) is 12.8 Å². The first-order valence-electron chi connectivity index (χ1n) is 7.61. The Kier molecular flexibility index (Phi) is 5.52. The van der Waals surface area contributed by atoms with Crippen LogP contribution in [0.15, 0.2) is 28.6 Å². The molecule has 1 aromatic carbocycles. The first-order chi connectivity index (χ1) is 12.0. The van der Waals surface area contributed by atoms with Gasteiger partial charge in [0.15, 0.2) is 5.13 Å². The minimum Gasteiger partial charge on any atom is -0.382 e. The molecule has 136 valence electrons. The van der Waals surface area contributed by atoms with Crippen molar-refractivity contribution in [1.82, 2.24) is 4.98 Å². The molecule has 0 bridgehead atoms. The molecule has 1 aliphatic rings. The van der Waals surface area contributed by atoms with Crippen molar-refractivity contribution in [2.24, 2.45) is 0 Å². The van der Waals surface area contributed by atoms with E-state index in [1.807, 2.05) is 0 Å². The van der Waals surface area contributed by atoms with Crippen LogP contribution in [0, 0.1) is 12.7 Å². The number of hydrogen-bond donors (Lipinski definition) is 2. The third kappa shape index (κ3) is 4.46. The smallest absolute Gasteiger partial charge is 0.266 e. The average Bonchev–Trinajstić information content (AvgIpc) is 3.08. The normalized spacial score (nSPS) is 18.1. The van der Waals surface area contributed by atoms with Gasteiger partial charge >= 0.3 is 0 Å². The van der Waals surface area contributed by atoms with Crippen molar-refractivity contribution < 1.29 is 22.3 Å². The number of halogens is 1. The Bertz CT molecular complexity index is 822. The molecular weight excluding hydrogens is 369 g/mol. The summed E-state index contributed by atoms with van der Waals surface area (Å²) < 4.78 is 52.2. The van der Waals surface area contributed by atoms with Gasteiger partial charge in [0, 0.05) is 23.8 Å². The molecule has 10 heteroatoms. The molecule has 3 rings (SSSR count). The summed E-state index contributed by atoms with van der Waals surface area (Å²) in [5.41, 5.74) is 1.12. The fraction of sp³-hybridized carbons (Fsp3) is 0.400. The van der Waals surface area contributed by atoms with Gasteiger partial charge in [0.25, 0.3) is 10.0 Å². The van der Waals surface area contributed by atoms with Gasteiger partial charge in [0.2, 0.25) is 0 Å². The van der Waals surface area contributed by atoms with Gasteiger partial charge in [0.1, 0.15) is 10.7 Å². The number of aromatic nitrogens is 1. The number of rotatable bonds is 6. The topological polar surface area (TPSA) is 89.6 Å². The van der Waals surface area contributed by atoms with E-state index >= 15 is 0 Å². The van der Waals surface area contributed by atoms with E-state index in [1.165, 1.54) is 18.3 Å². The maximum Gasteiger partial charge on any atom is 0.266 e. The zero-order valence-electron chi connectivity index (χ0n) is 13.5. The van der Waals surface area contributed by atoms with Crippen molar-refractivity contribution in [1.29, 1.82) is 0 Å². The van der Waals surface area contributed by atoms with Crippen LogP contribution < -0.4 is 10.0 Å². The van der Waals surface area contributed by atoms with Gasteiger partial charge in [-0.05, 0) is 24.6 Å². The lowest BCUT2D eigenvalue weighted by Gasteiger charge is -2.24. The Morgan fingerprint density at radius 1 is 1.40 bits per heavy atom. The molecule has 1 saturated heterocycles. The molecule has 2 N–H and O–H groups in total. The number of nitrogens with one attached hydrogen (secondary N) is 2. The summed E-state index contributed by atoms with van der Waals surface area (Å²) in [7, 11) is -4.04. The van der Waals surface area contributed by atoms with Gasteiger partial charge in [0.05, 0.1) is 25.9 Å². The first kappa shape index (κ1) is 18.1. The molecule has 2 aromatic rings. The van der Waals surface area contributed by atoms with Crippen LogP contribution in [-0.4, -0.2) is 45.9 Å².